The third-order valence-electron chi connectivity index (χ3n) is 4.17. The van der Waals surface area contributed by atoms with Gasteiger partial charge < -0.3 is 4.53 Å². The van der Waals surface area contributed by atoms with E-state index in [4.69, 9.17) is 4.53 Å². The van der Waals surface area contributed by atoms with Gasteiger partial charge in [0.1, 0.15) is 0 Å². The van der Waals surface area contributed by atoms with Crippen molar-refractivity contribution in [2.24, 2.45) is 10.6 Å². The molecule has 3 heteroatoms. The zero-order valence-electron chi connectivity index (χ0n) is 15.6. The molecule has 0 saturated heterocycles. The Kier molecular flexibility index (Phi) is 5.38. The predicted molar refractivity (Wildman–Crippen MR) is 113 cm³/mol. The van der Waals surface area contributed by atoms with E-state index in [0.29, 0.717) is 0 Å². The van der Waals surface area contributed by atoms with E-state index in [1.54, 1.807) is 0 Å². The van der Waals surface area contributed by atoms with Gasteiger partial charge in [0.15, 0.2) is 0 Å². The molecule has 0 heterocycles. The molecule has 0 saturated carbocycles. The van der Waals surface area contributed by atoms with Gasteiger partial charge in [-0.25, -0.2) is 0 Å². The highest BCUT2D eigenvalue weighted by atomic mass is 28.4. The van der Waals surface area contributed by atoms with Crippen LogP contribution in [0.3, 0.4) is 0 Å². The lowest BCUT2D eigenvalue weighted by Crippen LogP contribution is -2.68. The molecule has 0 aliphatic carbocycles. The fourth-order valence-corrected chi connectivity index (χ4v) is 6.45. The van der Waals surface area contributed by atoms with E-state index >= 15 is 0 Å². The van der Waals surface area contributed by atoms with Crippen molar-refractivity contribution in [3.8, 4) is 0 Å². The van der Waals surface area contributed by atoms with E-state index in [9.17, 15) is 0 Å². The van der Waals surface area contributed by atoms with Crippen molar-refractivity contribution in [2.75, 3.05) is 0 Å². The van der Waals surface area contributed by atoms with Crippen LogP contribution in [0.4, 0.5) is 0 Å². The number of rotatable bonds is 5. The van der Waals surface area contributed by atoms with Gasteiger partial charge in [-0.1, -0.05) is 112 Å². The van der Waals surface area contributed by atoms with Gasteiger partial charge in [0, 0.05) is 11.6 Å². The average Bonchev–Trinajstić information content (AvgIpc) is 2.67. The second kappa shape index (κ2) is 7.71. The maximum Gasteiger partial charge on any atom is 0.380 e. The highest BCUT2D eigenvalue weighted by Gasteiger charge is 2.44. The first-order chi connectivity index (χ1) is 12.5. The van der Waals surface area contributed by atoms with Crippen LogP contribution in [0.1, 0.15) is 20.8 Å². The Bertz CT molecular complexity index is 743. The molecule has 0 N–H and O–H groups in total. The Morgan fingerprint density at radius 1 is 0.654 bits per heavy atom. The summed E-state index contributed by atoms with van der Waals surface area (Å²) >= 11 is 0. The quantitative estimate of drug-likeness (QED) is 0.295. The predicted octanol–water partition coefficient (Wildman–Crippen LogP) is 3.70. The summed E-state index contributed by atoms with van der Waals surface area (Å²) in [5.74, 6) is 0. The fraction of sp³-hybridized carbons (Fsp3) is 0.174. The van der Waals surface area contributed by atoms with E-state index < -0.39 is 8.32 Å². The summed E-state index contributed by atoms with van der Waals surface area (Å²) in [6.45, 7) is 6.37. The average molecular weight is 360 g/mol. The highest BCUT2D eigenvalue weighted by molar-refractivity contribution is 7.07. The zero-order chi connectivity index (χ0) is 18.5. The van der Waals surface area contributed by atoms with Crippen molar-refractivity contribution >= 4 is 30.1 Å². The van der Waals surface area contributed by atoms with Gasteiger partial charge >= 0.3 is 8.32 Å². The van der Waals surface area contributed by atoms with Crippen LogP contribution in [-0.2, 0) is 4.53 Å². The molecule has 2 nitrogen and oxygen atoms in total. The van der Waals surface area contributed by atoms with Crippen LogP contribution in [0.5, 0.6) is 0 Å². The largest absolute Gasteiger partial charge is 0.438 e. The van der Waals surface area contributed by atoms with Crippen molar-refractivity contribution < 1.29 is 4.53 Å². The first-order valence-electron chi connectivity index (χ1n) is 8.92. The molecular weight excluding hydrogens is 334 g/mol. The minimum Gasteiger partial charge on any atom is -0.438 e. The van der Waals surface area contributed by atoms with Gasteiger partial charge in [0.2, 0.25) is 0 Å². The molecule has 0 spiro atoms. The van der Waals surface area contributed by atoms with E-state index in [2.05, 4.69) is 98.7 Å². The van der Waals surface area contributed by atoms with Crippen LogP contribution in [0, 0.1) is 5.41 Å². The zero-order valence-corrected chi connectivity index (χ0v) is 16.6. The molecule has 0 radical (unpaired) electrons. The molecule has 3 aromatic carbocycles. The Hall–Kier alpha value is -2.65. The molecule has 0 atom stereocenters. The molecule has 0 aliphatic rings. The van der Waals surface area contributed by atoms with Crippen molar-refractivity contribution in [1.29, 1.82) is 0 Å². The third kappa shape index (κ3) is 3.94. The number of oxime groups is 1. The summed E-state index contributed by atoms with van der Waals surface area (Å²) in [6, 6.07) is 31.4. The molecule has 0 fully saturated rings. The normalized spacial score (nSPS) is 12.3. The first kappa shape index (κ1) is 18.1. The van der Waals surface area contributed by atoms with Crippen LogP contribution in [-0.4, -0.2) is 14.5 Å². The van der Waals surface area contributed by atoms with E-state index in [-0.39, 0.29) is 5.41 Å². The van der Waals surface area contributed by atoms with E-state index in [1.807, 2.05) is 24.4 Å². The summed E-state index contributed by atoms with van der Waals surface area (Å²) in [5, 5.41) is 8.03. The highest BCUT2D eigenvalue weighted by Crippen LogP contribution is 2.13. The summed E-state index contributed by atoms with van der Waals surface area (Å²) in [4.78, 5) is 0. The molecular formula is C23H25NOSi. The Morgan fingerprint density at radius 2 is 1.00 bits per heavy atom. The number of hydrogen-bond acceptors (Lipinski definition) is 2. The second-order valence-corrected chi connectivity index (χ2v) is 10.7. The second-order valence-electron chi connectivity index (χ2n) is 7.47. The van der Waals surface area contributed by atoms with E-state index in [1.165, 1.54) is 15.6 Å². The summed E-state index contributed by atoms with van der Waals surface area (Å²) in [7, 11) is -2.72. The first-order valence-corrected chi connectivity index (χ1v) is 10.8. The lowest BCUT2D eigenvalue weighted by Gasteiger charge is -2.30. The summed E-state index contributed by atoms with van der Waals surface area (Å²) in [5.41, 5.74) is -0.0375. The molecule has 3 aromatic rings. The smallest absolute Gasteiger partial charge is 0.380 e. The molecule has 132 valence electrons. The van der Waals surface area contributed by atoms with Gasteiger partial charge in [-0.15, -0.1) is 5.16 Å². The topological polar surface area (TPSA) is 21.6 Å². The maximum absolute atomic E-state index is 6.47. The third-order valence-corrected chi connectivity index (χ3v) is 7.99. The number of nitrogens with zero attached hydrogens (tertiary/aromatic N) is 1. The number of hydrogen-bond donors (Lipinski definition) is 0. The lowest BCUT2D eigenvalue weighted by atomic mass is 10.00. The van der Waals surface area contributed by atoms with Gasteiger partial charge in [0.05, 0.1) is 0 Å². The summed E-state index contributed by atoms with van der Waals surface area (Å²) in [6.07, 6.45) is 1.89. The van der Waals surface area contributed by atoms with Gasteiger partial charge in [-0.05, 0) is 15.6 Å². The van der Waals surface area contributed by atoms with Gasteiger partial charge in [-0.3, -0.25) is 0 Å². The van der Waals surface area contributed by atoms with Crippen LogP contribution < -0.4 is 15.6 Å². The van der Waals surface area contributed by atoms with Crippen LogP contribution >= 0.6 is 0 Å². The lowest BCUT2D eigenvalue weighted by molar-refractivity contribution is 0.344. The molecule has 0 aliphatic heterocycles. The van der Waals surface area contributed by atoms with E-state index in [0.717, 1.165) is 0 Å². The SMILES string of the molecule is CC(C)(C)/C=N/O[Si](c1ccccc1)(c1ccccc1)c1ccccc1. The molecule has 3 rings (SSSR count). The minimum absolute atomic E-state index is 0.0375. The molecule has 0 unspecified atom stereocenters. The molecule has 0 amide bonds. The molecule has 26 heavy (non-hydrogen) atoms. The number of benzene rings is 3. The summed E-state index contributed by atoms with van der Waals surface area (Å²) < 4.78 is 6.47. The van der Waals surface area contributed by atoms with Crippen molar-refractivity contribution in [3.05, 3.63) is 91.0 Å². The standard InChI is InChI=1S/C23H25NOSi/c1-23(2,3)19-24-25-26(20-13-7-4-8-14-20,21-15-9-5-10-16-21)22-17-11-6-12-18-22/h4-19H,1-3H3/b24-19+. The van der Waals surface area contributed by atoms with Gasteiger partial charge in [0.25, 0.3) is 0 Å². The van der Waals surface area contributed by atoms with Crippen LogP contribution in [0.15, 0.2) is 96.2 Å². The Labute approximate surface area is 157 Å². The maximum atomic E-state index is 6.47. The van der Waals surface area contributed by atoms with Crippen LogP contribution in [0.2, 0.25) is 0 Å². The van der Waals surface area contributed by atoms with Crippen molar-refractivity contribution in [1.82, 2.24) is 0 Å². The Balaban J connectivity index is 2.23. The van der Waals surface area contributed by atoms with Gasteiger partial charge in [-0.2, -0.15) is 0 Å². The van der Waals surface area contributed by atoms with Crippen LogP contribution in [0.25, 0.3) is 0 Å². The monoisotopic (exact) mass is 359 g/mol. The minimum atomic E-state index is -2.72. The Morgan fingerprint density at radius 3 is 1.31 bits per heavy atom. The fourth-order valence-electron chi connectivity index (χ4n) is 2.94. The molecule has 0 bridgehead atoms. The molecule has 0 aromatic heterocycles. The van der Waals surface area contributed by atoms with Crippen molar-refractivity contribution in [2.45, 2.75) is 20.8 Å². The van der Waals surface area contributed by atoms with Crippen molar-refractivity contribution in [3.63, 3.8) is 0 Å².